The second-order valence-electron chi connectivity index (χ2n) is 8.41. The molecular formula is C25H28FNO3S. The molecule has 1 fully saturated rings. The summed E-state index contributed by atoms with van der Waals surface area (Å²) in [5.74, 6) is 0.122. The zero-order valence-electron chi connectivity index (χ0n) is 17.7. The molecule has 2 aliphatic rings. The van der Waals surface area contributed by atoms with E-state index < -0.39 is 16.3 Å². The van der Waals surface area contributed by atoms with E-state index in [1.165, 1.54) is 5.56 Å². The minimum Gasteiger partial charge on any atom is -0.298 e. The van der Waals surface area contributed by atoms with Crippen molar-refractivity contribution in [3.63, 3.8) is 0 Å². The van der Waals surface area contributed by atoms with Crippen LogP contribution >= 0.6 is 0 Å². The third-order valence-corrected chi connectivity index (χ3v) is 7.31. The lowest BCUT2D eigenvalue weighted by atomic mass is 9.86. The van der Waals surface area contributed by atoms with E-state index in [4.69, 9.17) is 4.18 Å². The third-order valence-electron chi connectivity index (χ3n) is 6.02. The van der Waals surface area contributed by atoms with Crippen molar-refractivity contribution in [3.05, 3.63) is 89.5 Å². The fraction of sp³-hybridized carbons (Fsp3) is 0.360. The summed E-state index contributed by atoms with van der Waals surface area (Å²) in [6.45, 7) is 4.33. The quantitative estimate of drug-likeness (QED) is 0.586. The Hall–Kier alpha value is -2.28. The van der Waals surface area contributed by atoms with E-state index in [9.17, 15) is 12.8 Å². The number of allylic oxidation sites excluding steroid dienone is 3. The van der Waals surface area contributed by atoms with E-state index in [-0.39, 0.29) is 23.3 Å². The van der Waals surface area contributed by atoms with E-state index in [0.717, 1.165) is 30.8 Å². The number of hydrogen-bond acceptors (Lipinski definition) is 4. The second kappa shape index (κ2) is 9.47. The van der Waals surface area contributed by atoms with Gasteiger partial charge in [-0.15, -0.1) is 0 Å². The van der Waals surface area contributed by atoms with Gasteiger partial charge in [-0.25, -0.2) is 4.39 Å². The first-order valence-electron chi connectivity index (χ1n) is 10.7. The van der Waals surface area contributed by atoms with Crippen molar-refractivity contribution in [2.45, 2.75) is 31.0 Å². The standard InChI is InChI=1S/C25H28FNO3S/c1-19-7-13-24(14-8-19)31(28,29)30-18-22-16-27(15-20-5-3-2-4-6-20)17-25(22)21-9-11-23(26)12-10-21/h2-11,13-14,22-23,25H,12,15-18H2,1H3. The summed E-state index contributed by atoms with van der Waals surface area (Å²) in [7, 11) is -3.82. The highest BCUT2D eigenvalue weighted by Crippen LogP contribution is 2.34. The van der Waals surface area contributed by atoms with E-state index in [2.05, 4.69) is 17.0 Å². The molecule has 0 radical (unpaired) electrons. The van der Waals surface area contributed by atoms with Gasteiger partial charge in [-0.3, -0.25) is 9.08 Å². The summed E-state index contributed by atoms with van der Waals surface area (Å²) in [4.78, 5) is 2.49. The molecule has 0 amide bonds. The van der Waals surface area contributed by atoms with E-state index in [1.807, 2.05) is 37.3 Å². The van der Waals surface area contributed by atoms with Crippen molar-refractivity contribution < 1.29 is 17.0 Å². The molecule has 0 aromatic heterocycles. The number of halogens is 1. The highest BCUT2D eigenvalue weighted by atomic mass is 32.2. The number of aryl methyl sites for hydroxylation is 1. The molecule has 1 saturated heterocycles. The number of alkyl halides is 1. The molecule has 6 heteroatoms. The van der Waals surface area contributed by atoms with Crippen molar-refractivity contribution >= 4 is 10.1 Å². The van der Waals surface area contributed by atoms with E-state index in [1.54, 1.807) is 30.3 Å². The first-order valence-corrected chi connectivity index (χ1v) is 12.1. The van der Waals surface area contributed by atoms with Crippen LogP contribution in [-0.2, 0) is 20.8 Å². The third kappa shape index (κ3) is 5.50. The highest BCUT2D eigenvalue weighted by molar-refractivity contribution is 7.86. The molecule has 1 aliphatic heterocycles. The van der Waals surface area contributed by atoms with Crippen LogP contribution in [0.4, 0.5) is 4.39 Å². The molecule has 1 aliphatic carbocycles. The van der Waals surface area contributed by atoms with Gasteiger partial charge in [0.05, 0.1) is 11.5 Å². The number of rotatable bonds is 7. The molecule has 4 rings (SSSR count). The molecule has 3 atom stereocenters. The molecular weight excluding hydrogens is 413 g/mol. The summed E-state index contributed by atoms with van der Waals surface area (Å²) >= 11 is 0. The Labute approximate surface area is 184 Å². The summed E-state index contributed by atoms with van der Waals surface area (Å²) < 4.78 is 44.4. The van der Waals surface area contributed by atoms with Gasteiger partial charge < -0.3 is 0 Å². The largest absolute Gasteiger partial charge is 0.298 e. The van der Waals surface area contributed by atoms with Crippen LogP contribution in [0.15, 0.2) is 83.3 Å². The van der Waals surface area contributed by atoms with Gasteiger partial charge in [-0.2, -0.15) is 8.42 Å². The number of hydrogen-bond donors (Lipinski definition) is 0. The zero-order valence-corrected chi connectivity index (χ0v) is 18.5. The fourth-order valence-corrected chi connectivity index (χ4v) is 5.27. The molecule has 31 heavy (non-hydrogen) atoms. The predicted octanol–water partition coefficient (Wildman–Crippen LogP) is 4.67. The topological polar surface area (TPSA) is 46.6 Å². The van der Waals surface area contributed by atoms with E-state index in [0.29, 0.717) is 6.42 Å². The minimum absolute atomic E-state index is 0.0102. The zero-order chi connectivity index (χ0) is 21.8. The Balaban J connectivity index is 1.48. The first-order chi connectivity index (χ1) is 14.9. The minimum atomic E-state index is -3.82. The lowest BCUT2D eigenvalue weighted by molar-refractivity contribution is 0.232. The smallest absolute Gasteiger partial charge is 0.296 e. The number of likely N-dealkylation sites (tertiary alicyclic amines) is 1. The summed E-state index contributed by atoms with van der Waals surface area (Å²) in [6.07, 6.45) is 4.82. The average Bonchev–Trinajstić information content (AvgIpc) is 3.16. The Kier molecular flexibility index (Phi) is 6.70. The van der Waals surface area contributed by atoms with Crippen LogP contribution in [0.2, 0.25) is 0 Å². The molecule has 0 bridgehead atoms. The van der Waals surface area contributed by atoms with Gasteiger partial charge >= 0.3 is 0 Å². The molecule has 1 heterocycles. The summed E-state index contributed by atoms with van der Waals surface area (Å²) in [5, 5.41) is 0. The normalized spacial score (nSPS) is 24.3. The Morgan fingerprint density at radius 2 is 1.81 bits per heavy atom. The predicted molar refractivity (Wildman–Crippen MR) is 120 cm³/mol. The molecule has 0 saturated carbocycles. The van der Waals surface area contributed by atoms with Crippen LogP contribution in [0.5, 0.6) is 0 Å². The molecule has 3 unspecified atom stereocenters. The molecule has 164 valence electrons. The molecule has 0 N–H and O–H groups in total. The summed E-state index contributed by atoms with van der Waals surface area (Å²) in [5.41, 5.74) is 3.28. The lowest BCUT2D eigenvalue weighted by Gasteiger charge is -2.22. The fourth-order valence-electron chi connectivity index (χ4n) is 4.31. The Morgan fingerprint density at radius 3 is 2.48 bits per heavy atom. The van der Waals surface area contributed by atoms with Crippen LogP contribution in [-0.4, -0.2) is 39.2 Å². The van der Waals surface area contributed by atoms with Crippen LogP contribution in [0.25, 0.3) is 0 Å². The monoisotopic (exact) mass is 441 g/mol. The van der Waals surface area contributed by atoms with Crippen LogP contribution in [0.1, 0.15) is 17.5 Å². The molecule has 4 nitrogen and oxygen atoms in total. The number of benzene rings is 2. The first kappa shape index (κ1) is 21.9. The SMILES string of the molecule is Cc1ccc(S(=O)(=O)OCC2CN(Cc3ccccc3)CC2C2=CCC(F)C=C2)cc1. The molecule has 2 aromatic rings. The van der Waals surface area contributed by atoms with Gasteiger partial charge in [-0.1, -0.05) is 66.3 Å². The van der Waals surface area contributed by atoms with Crippen molar-refractivity contribution in [3.8, 4) is 0 Å². The van der Waals surface area contributed by atoms with Crippen molar-refractivity contribution in [1.82, 2.24) is 4.90 Å². The Morgan fingerprint density at radius 1 is 1.06 bits per heavy atom. The Bertz CT molecular complexity index is 1050. The van der Waals surface area contributed by atoms with Crippen LogP contribution < -0.4 is 0 Å². The van der Waals surface area contributed by atoms with Gasteiger partial charge in [0.1, 0.15) is 6.17 Å². The summed E-state index contributed by atoms with van der Waals surface area (Å²) in [6, 6.07) is 16.9. The lowest BCUT2D eigenvalue weighted by Crippen LogP contribution is -2.23. The van der Waals surface area contributed by atoms with Crippen LogP contribution in [0.3, 0.4) is 0 Å². The van der Waals surface area contributed by atoms with Gasteiger partial charge in [0.15, 0.2) is 0 Å². The van der Waals surface area contributed by atoms with E-state index >= 15 is 0 Å². The molecule has 0 spiro atoms. The number of nitrogens with zero attached hydrogens (tertiary/aromatic N) is 1. The van der Waals surface area contributed by atoms with Crippen LogP contribution in [0, 0.1) is 18.8 Å². The average molecular weight is 442 g/mol. The maximum atomic E-state index is 13.6. The van der Waals surface area contributed by atoms with Gasteiger partial charge in [0.25, 0.3) is 10.1 Å². The van der Waals surface area contributed by atoms with Crippen molar-refractivity contribution in [2.24, 2.45) is 11.8 Å². The molecule has 2 aromatic carbocycles. The van der Waals surface area contributed by atoms with Crippen molar-refractivity contribution in [1.29, 1.82) is 0 Å². The highest BCUT2D eigenvalue weighted by Gasteiger charge is 2.36. The van der Waals surface area contributed by atoms with Gasteiger partial charge in [0.2, 0.25) is 0 Å². The van der Waals surface area contributed by atoms with Gasteiger partial charge in [-0.05, 0) is 30.2 Å². The maximum absolute atomic E-state index is 13.6. The second-order valence-corrected chi connectivity index (χ2v) is 10.0. The van der Waals surface area contributed by atoms with Gasteiger partial charge in [0, 0.05) is 37.9 Å². The van der Waals surface area contributed by atoms with Crippen molar-refractivity contribution in [2.75, 3.05) is 19.7 Å². The maximum Gasteiger partial charge on any atom is 0.296 e.